The highest BCUT2D eigenvalue weighted by atomic mass is 35.5. The van der Waals surface area contributed by atoms with Crippen LogP contribution in [0.5, 0.6) is 11.5 Å². The standard InChI is InChI=1S/C27H23ClN2O8S/c1-3-36-21-12-16(11-19(28)24(21)37-15-23(31)29-17-7-5-4-6-8-17)13-22-25(32)30(27(34)39-22)14-18-9-10-20(38-18)26(33)35-2/h4-13H,3,14-15H2,1-2H3,(H,29,31)/b22-13+. The Hall–Kier alpha value is -4.22. The number of methoxy groups -OCH3 is 1. The second-order valence-electron chi connectivity index (χ2n) is 7.99. The fraction of sp³-hybridized carbons (Fsp3) is 0.185. The lowest BCUT2D eigenvalue weighted by Gasteiger charge is -2.14. The molecule has 1 aromatic heterocycles. The molecule has 1 N–H and O–H groups in total. The van der Waals surface area contributed by atoms with Crippen molar-refractivity contribution in [2.45, 2.75) is 13.5 Å². The van der Waals surface area contributed by atoms with E-state index in [0.717, 1.165) is 16.7 Å². The first-order valence-corrected chi connectivity index (χ1v) is 12.8. The fourth-order valence-corrected chi connectivity index (χ4v) is 4.66. The summed E-state index contributed by atoms with van der Waals surface area (Å²) >= 11 is 7.21. The summed E-state index contributed by atoms with van der Waals surface area (Å²) < 4.78 is 21.3. The third-order valence-electron chi connectivity index (χ3n) is 5.27. The third kappa shape index (κ3) is 6.81. The average Bonchev–Trinajstić information content (AvgIpc) is 3.49. The molecule has 0 spiro atoms. The van der Waals surface area contributed by atoms with Crippen LogP contribution in [0.2, 0.25) is 5.02 Å². The van der Waals surface area contributed by atoms with Gasteiger partial charge in [0.1, 0.15) is 5.76 Å². The molecule has 0 atom stereocenters. The summed E-state index contributed by atoms with van der Waals surface area (Å²) in [6, 6.07) is 15.0. The van der Waals surface area contributed by atoms with Gasteiger partial charge in [-0.3, -0.25) is 19.3 Å². The molecule has 4 rings (SSSR count). The first-order valence-electron chi connectivity index (χ1n) is 11.7. The molecule has 39 heavy (non-hydrogen) atoms. The van der Waals surface area contributed by atoms with Crippen LogP contribution in [0.15, 0.2) is 63.9 Å². The van der Waals surface area contributed by atoms with Crippen LogP contribution < -0.4 is 14.8 Å². The molecule has 202 valence electrons. The summed E-state index contributed by atoms with van der Waals surface area (Å²) in [4.78, 5) is 50.6. The number of benzene rings is 2. The Morgan fingerprint density at radius 1 is 1.10 bits per heavy atom. The molecule has 0 saturated carbocycles. The third-order valence-corrected chi connectivity index (χ3v) is 6.46. The Bertz CT molecular complexity index is 1440. The van der Waals surface area contributed by atoms with Crippen molar-refractivity contribution in [1.82, 2.24) is 4.90 Å². The number of para-hydroxylation sites is 1. The van der Waals surface area contributed by atoms with Crippen LogP contribution in [-0.4, -0.2) is 48.2 Å². The van der Waals surface area contributed by atoms with E-state index in [9.17, 15) is 19.2 Å². The predicted molar refractivity (Wildman–Crippen MR) is 145 cm³/mol. The van der Waals surface area contributed by atoms with Crippen molar-refractivity contribution in [3.8, 4) is 11.5 Å². The molecule has 0 aliphatic carbocycles. The molecule has 1 saturated heterocycles. The summed E-state index contributed by atoms with van der Waals surface area (Å²) in [6.07, 6.45) is 1.51. The number of nitrogens with one attached hydrogen (secondary N) is 1. The maximum absolute atomic E-state index is 13.0. The van der Waals surface area contributed by atoms with Crippen molar-refractivity contribution in [3.63, 3.8) is 0 Å². The molecule has 3 aromatic rings. The predicted octanol–water partition coefficient (Wildman–Crippen LogP) is 5.37. The number of carbonyl (C=O) groups excluding carboxylic acids is 4. The lowest BCUT2D eigenvalue weighted by molar-refractivity contribution is -0.123. The molecule has 3 amide bonds. The molecule has 0 bridgehead atoms. The maximum Gasteiger partial charge on any atom is 0.373 e. The van der Waals surface area contributed by atoms with E-state index in [4.69, 9.17) is 25.5 Å². The van der Waals surface area contributed by atoms with Crippen LogP contribution in [0.4, 0.5) is 10.5 Å². The van der Waals surface area contributed by atoms with Crippen molar-refractivity contribution < 1.29 is 37.8 Å². The minimum Gasteiger partial charge on any atom is -0.490 e. The summed E-state index contributed by atoms with van der Waals surface area (Å²) in [7, 11) is 1.22. The SMILES string of the molecule is CCOc1cc(/C=C2/SC(=O)N(Cc3ccc(C(=O)OC)o3)C2=O)cc(Cl)c1OCC(=O)Nc1ccccc1. The second kappa shape index (κ2) is 12.5. The van der Waals surface area contributed by atoms with Gasteiger partial charge in [-0.1, -0.05) is 29.8 Å². The first kappa shape index (κ1) is 27.8. The van der Waals surface area contributed by atoms with Crippen molar-refractivity contribution in [2.75, 3.05) is 25.6 Å². The molecule has 12 heteroatoms. The van der Waals surface area contributed by atoms with Gasteiger partial charge in [0.15, 0.2) is 18.1 Å². The van der Waals surface area contributed by atoms with Gasteiger partial charge in [0.2, 0.25) is 5.76 Å². The van der Waals surface area contributed by atoms with Crippen molar-refractivity contribution in [3.05, 3.63) is 81.6 Å². The van der Waals surface area contributed by atoms with E-state index in [1.54, 1.807) is 37.3 Å². The number of thioether (sulfide) groups is 1. The van der Waals surface area contributed by atoms with Crippen LogP contribution in [0.3, 0.4) is 0 Å². The number of nitrogens with zero attached hydrogens (tertiary/aromatic N) is 1. The molecular weight excluding hydrogens is 548 g/mol. The summed E-state index contributed by atoms with van der Waals surface area (Å²) in [5, 5.41) is 2.38. The Morgan fingerprint density at radius 3 is 2.59 bits per heavy atom. The van der Waals surface area contributed by atoms with Crippen LogP contribution in [0, 0.1) is 0 Å². The molecule has 1 aliphatic rings. The molecule has 0 unspecified atom stereocenters. The number of ether oxygens (including phenoxy) is 3. The number of hydrogen-bond acceptors (Lipinski definition) is 9. The number of anilines is 1. The van der Waals surface area contributed by atoms with Crippen molar-refractivity contribution in [2.24, 2.45) is 0 Å². The van der Waals surface area contributed by atoms with Gasteiger partial charge in [0.25, 0.3) is 17.1 Å². The van der Waals surface area contributed by atoms with E-state index < -0.39 is 17.1 Å². The minimum absolute atomic E-state index is 0.0343. The monoisotopic (exact) mass is 570 g/mol. The number of hydrogen-bond donors (Lipinski definition) is 1. The number of halogens is 1. The number of rotatable bonds is 10. The highest BCUT2D eigenvalue weighted by Gasteiger charge is 2.36. The zero-order chi connectivity index (χ0) is 27.9. The normalized spacial score (nSPS) is 14.0. The zero-order valence-corrected chi connectivity index (χ0v) is 22.5. The Kier molecular flexibility index (Phi) is 8.95. The number of carbonyl (C=O) groups is 4. The van der Waals surface area contributed by atoms with Crippen LogP contribution in [-0.2, 0) is 20.9 Å². The maximum atomic E-state index is 13.0. The summed E-state index contributed by atoms with van der Waals surface area (Å²) in [5.74, 6) is -0.922. The first-order chi connectivity index (χ1) is 18.8. The largest absolute Gasteiger partial charge is 0.490 e. The van der Waals surface area contributed by atoms with Crippen LogP contribution in [0.25, 0.3) is 6.08 Å². The highest BCUT2D eigenvalue weighted by Crippen LogP contribution is 2.39. The smallest absolute Gasteiger partial charge is 0.373 e. The summed E-state index contributed by atoms with van der Waals surface area (Å²) in [6.45, 7) is 1.61. The van der Waals surface area contributed by atoms with Gasteiger partial charge >= 0.3 is 5.97 Å². The van der Waals surface area contributed by atoms with E-state index in [0.29, 0.717) is 17.9 Å². The Morgan fingerprint density at radius 2 is 1.87 bits per heavy atom. The molecule has 1 fully saturated rings. The molecule has 0 radical (unpaired) electrons. The lowest BCUT2D eigenvalue weighted by atomic mass is 10.1. The van der Waals surface area contributed by atoms with Gasteiger partial charge in [-0.25, -0.2) is 4.79 Å². The minimum atomic E-state index is -0.665. The van der Waals surface area contributed by atoms with Crippen LogP contribution >= 0.6 is 23.4 Å². The van der Waals surface area contributed by atoms with Gasteiger partial charge in [0.05, 0.1) is 30.2 Å². The Labute approximate surface area is 232 Å². The van der Waals surface area contributed by atoms with Crippen molar-refractivity contribution in [1.29, 1.82) is 0 Å². The van der Waals surface area contributed by atoms with Crippen LogP contribution in [0.1, 0.15) is 28.8 Å². The molecule has 10 nitrogen and oxygen atoms in total. The van der Waals surface area contributed by atoms with Gasteiger partial charge in [-0.2, -0.15) is 0 Å². The van der Waals surface area contributed by atoms with E-state index in [1.165, 1.54) is 31.4 Å². The number of esters is 1. The molecular formula is C27H23ClN2O8S. The van der Waals surface area contributed by atoms with Gasteiger partial charge < -0.3 is 23.9 Å². The fourth-order valence-electron chi connectivity index (χ4n) is 3.55. The van der Waals surface area contributed by atoms with E-state index in [2.05, 4.69) is 10.1 Å². The quantitative estimate of drug-likeness (QED) is 0.253. The van der Waals surface area contributed by atoms with Gasteiger partial charge in [-0.05, 0) is 66.7 Å². The van der Waals surface area contributed by atoms with E-state index in [1.807, 2.05) is 6.07 Å². The number of furan rings is 1. The van der Waals surface area contributed by atoms with E-state index >= 15 is 0 Å². The topological polar surface area (TPSA) is 124 Å². The zero-order valence-electron chi connectivity index (χ0n) is 20.9. The summed E-state index contributed by atoms with van der Waals surface area (Å²) in [5.41, 5.74) is 1.11. The number of imide groups is 1. The molecule has 2 aromatic carbocycles. The lowest BCUT2D eigenvalue weighted by Crippen LogP contribution is -2.27. The number of amides is 3. The van der Waals surface area contributed by atoms with Gasteiger partial charge in [-0.15, -0.1) is 0 Å². The Balaban J connectivity index is 1.48. The molecule has 2 heterocycles. The van der Waals surface area contributed by atoms with E-state index in [-0.39, 0.29) is 52.0 Å². The average molecular weight is 571 g/mol. The molecule has 1 aliphatic heterocycles. The van der Waals surface area contributed by atoms with Crippen molar-refractivity contribution >= 4 is 58.1 Å². The van der Waals surface area contributed by atoms with Gasteiger partial charge in [0, 0.05) is 5.69 Å². The second-order valence-corrected chi connectivity index (χ2v) is 9.39. The highest BCUT2D eigenvalue weighted by molar-refractivity contribution is 8.18.